The molecule has 0 aliphatic carbocycles. The molecule has 1 N–H and O–H groups in total. The molecular weight excluding hydrogens is 280 g/mol. The van der Waals surface area contributed by atoms with Crippen molar-refractivity contribution in [3.63, 3.8) is 0 Å². The van der Waals surface area contributed by atoms with Gasteiger partial charge in [0, 0.05) is 17.9 Å². The molecule has 0 aromatic heterocycles. The molecule has 1 aromatic rings. The molecule has 0 amide bonds. The van der Waals surface area contributed by atoms with Gasteiger partial charge in [-0.05, 0) is 18.6 Å². The molecule has 1 unspecified atom stereocenters. The van der Waals surface area contributed by atoms with Crippen LogP contribution in [0.2, 0.25) is 0 Å². The third-order valence-corrected chi connectivity index (χ3v) is 4.64. The lowest BCUT2D eigenvalue weighted by Crippen LogP contribution is -2.14. The van der Waals surface area contributed by atoms with Crippen LogP contribution in [-0.4, -0.2) is 36.7 Å². The van der Waals surface area contributed by atoms with Crippen LogP contribution in [0.4, 0.5) is 11.4 Å². The molecule has 1 aliphatic rings. The molecule has 0 radical (unpaired) electrons. The summed E-state index contributed by atoms with van der Waals surface area (Å²) in [6.45, 7) is 0.723. The molecule has 1 aromatic carbocycles. The minimum absolute atomic E-state index is 0.00523. The van der Waals surface area contributed by atoms with Gasteiger partial charge >= 0.3 is 0 Å². The fourth-order valence-corrected chi connectivity index (χ4v) is 3.39. The molecule has 0 bridgehead atoms. The van der Waals surface area contributed by atoms with Crippen molar-refractivity contribution in [3.05, 3.63) is 22.2 Å². The fraction of sp³-hybridized carbons (Fsp3) is 0.538. The molecule has 2 rings (SSSR count). The van der Waals surface area contributed by atoms with Crippen LogP contribution >= 0.6 is 11.8 Å². The van der Waals surface area contributed by atoms with Gasteiger partial charge in [0.1, 0.15) is 5.69 Å². The summed E-state index contributed by atoms with van der Waals surface area (Å²) < 4.78 is 10.3. The summed E-state index contributed by atoms with van der Waals surface area (Å²) in [5.74, 6) is 2.01. The maximum atomic E-state index is 11.1. The molecule has 1 aliphatic heterocycles. The zero-order chi connectivity index (χ0) is 14.5. The Balaban J connectivity index is 2.21. The van der Waals surface area contributed by atoms with Gasteiger partial charge in [0.25, 0.3) is 5.69 Å². The van der Waals surface area contributed by atoms with Gasteiger partial charge in [0.2, 0.25) is 0 Å². The largest absolute Gasteiger partial charge is 0.493 e. The topological polar surface area (TPSA) is 73.6 Å². The lowest BCUT2D eigenvalue weighted by molar-refractivity contribution is -0.384. The molecule has 7 heteroatoms. The molecule has 1 saturated heterocycles. The minimum atomic E-state index is -0.411. The molecule has 1 heterocycles. The number of anilines is 1. The van der Waals surface area contributed by atoms with E-state index in [4.69, 9.17) is 9.47 Å². The number of nitrogens with one attached hydrogen (secondary N) is 1. The number of nitro groups is 1. The number of ether oxygens (including phenoxy) is 2. The SMILES string of the molecule is COc1cc(NCC2CCCS2)c([N+](=O)[O-])cc1OC. The standard InChI is InChI=1S/C13H18N2O4S/c1-18-12-6-10(14-8-9-4-3-5-20-9)11(15(16)17)7-13(12)19-2/h6-7,9,14H,3-5,8H2,1-2H3. The third kappa shape index (κ3) is 3.27. The van der Waals surface area contributed by atoms with Crippen LogP contribution in [0.15, 0.2) is 12.1 Å². The van der Waals surface area contributed by atoms with Crippen molar-refractivity contribution in [2.75, 3.05) is 31.8 Å². The van der Waals surface area contributed by atoms with Crippen molar-refractivity contribution >= 4 is 23.1 Å². The Morgan fingerprint density at radius 2 is 2.10 bits per heavy atom. The predicted octanol–water partition coefficient (Wildman–Crippen LogP) is 2.92. The Bertz CT molecular complexity index is 490. The minimum Gasteiger partial charge on any atom is -0.493 e. The first-order valence-electron chi connectivity index (χ1n) is 6.41. The average Bonchev–Trinajstić information content (AvgIpc) is 2.97. The average molecular weight is 298 g/mol. The summed E-state index contributed by atoms with van der Waals surface area (Å²) in [6, 6.07) is 3.01. The molecule has 1 atom stereocenters. The van der Waals surface area contributed by atoms with E-state index in [1.807, 2.05) is 11.8 Å². The Kier molecular flexibility index (Phi) is 4.94. The zero-order valence-electron chi connectivity index (χ0n) is 11.5. The van der Waals surface area contributed by atoms with Crippen LogP contribution in [0.25, 0.3) is 0 Å². The summed E-state index contributed by atoms with van der Waals surface area (Å²) in [6.07, 6.45) is 2.36. The van der Waals surface area contributed by atoms with Gasteiger partial charge in [-0.25, -0.2) is 0 Å². The van der Waals surface area contributed by atoms with Crippen molar-refractivity contribution < 1.29 is 14.4 Å². The number of methoxy groups -OCH3 is 2. The van der Waals surface area contributed by atoms with Crippen LogP contribution in [0.5, 0.6) is 11.5 Å². The van der Waals surface area contributed by atoms with Gasteiger partial charge in [-0.3, -0.25) is 10.1 Å². The number of thioether (sulfide) groups is 1. The Morgan fingerprint density at radius 1 is 1.40 bits per heavy atom. The van der Waals surface area contributed by atoms with Crippen molar-refractivity contribution in [1.82, 2.24) is 0 Å². The van der Waals surface area contributed by atoms with E-state index >= 15 is 0 Å². The highest BCUT2D eigenvalue weighted by molar-refractivity contribution is 8.00. The Labute approximate surface area is 122 Å². The number of nitro benzene ring substituents is 1. The van der Waals surface area contributed by atoms with Gasteiger partial charge in [-0.1, -0.05) is 0 Å². The van der Waals surface area contributed by atoms with Crippen LogP contribution in [0.3, 0.4) is 0 Å². The predicted molar refractivity (Wildman–Crippen MR) is 80.2 cm³/mol. The van der Waals surface area contributed by atoms with Gasteiger partial charge in [0.05, 0.1) is 25.2 Å². The smallest absolute Gasteiger partial charge is 0.296 e. The van der Waals surface area contributed by atoms with E-state index in [0.29, 0.717) is 22.4 Å². The third-order valence-electron chi connectivity index (χ3n) is 3.24. The van der Waals surface area contributed by atoms with Crippen LogP contribution in [-0.2, 0) is 0 Å². The van der Waals surface area contributed by atoms with Crippen LogP contribution < -0.4 is 14.8 Å². The van der Waals surface area contributed by atoms with E-state index in [1.54, 1.807) is 6.07 Å². The quantitative estimate of drug-likeness (QED) is 0.643. The highest BCUT2D eigenvalue weighted by Gasteiger charge is 2.21. The maximum absolute atomic E-state index is 11.1. The first-order valence-corrected chi connectivity index (χ1v) is 7.46. The molecular formula is C13H18N2O4S. The highest BCUT2D eigenvalue weighted by Crippen LogP contribution is 2.38. The Hall–Kier alpha value is -1.63. The number of hydrogen-bond donors (Lipinski definition) is 1. The molecule has 0 saturated carbocycles. The monoisotopic (exact) mass is 298 g/mol. The lowest BCUT2D eigenvalue weighted by atomic mass is 10.2. The summed E-state index contributed by atoms with van der Waals surface area (Å²) >= 11 is 1.91. The Morgan fingerprint density at radius 3 is 2.65 bits per heavy atom. The summed E-state index contributed by atoms with van der Waals surface area (Å²) in [4.78, 5) is 10.7. The summed E-state index contributed by atoms with van der Waals surface area (Å²) in [5, 5.41) is 14.8. The fourth-order valence-electron chi connectivity index (χ4n) is 2.19. The van der Waals surface area contributed by atoms with Crippen LogP contribution in [0, 0.1) is 10.1 Å². The number of benzene rings is 1. The molecule has 20 heavy (non-hydrogen) atoms. The van der Waals surface area contributed by atoms with Crippen molar-refractivity contribution in [2.24, 2.45) is 0 Å². The molecule has 0 spiro atoms. The zero-order valence-corrected chi connectivity index (χ0v) is 12.4. The van der Waals surface area contributed by atoms with Gasteiger partial charge in [0.15, 0.2) is 11.5 Å². The second kappa shape index (κ2) is 6.69. The van der Waals surface area contributed by atoms with E-state index < -0.39 is 4.92 Å². The number of hydrogen-bond acceptors (Lipinski definition) is 6. The van der Waals surface area contributed by atoms with E-state index in [-0.39, 0.29) is 5.69 Å². The van der Waals surface area contributed by atoms with Crippen molar-refractivity contribution in [2.45, 2.75) is 18.1 Å². The van der Waals surface area contributed by atoms with Crippen LogP contribution in [0.1, 0.15) is 12.8 Å². The lowest BCUT2D eigenvalue weighted by Gasteiger charge is -2.14. The molecule has 110 valence electrons. The van der Waals surface area contributed by atoms with E-state index in [0.717, 1.165) is 13.0 Å². The highest BCUT2D eigenvalue weighted by atomic mass is 32.2. The van der Waals surface area contributed by atoms with Crippen molar-refractivity contribution in [3.8, 4) is 11.5 Å². The first-order chi connectivity index (χ1) is 9.65. The second-order valence-corrected chi connectivity index (χ2v) is 5.91. The van der Waals surface area contributed by atoms with E-state index in [9.17, 15) is 10.1 Å². The second-order valence-electron chi connectivity index (χ2n) is 4.50. The first kappa shape index (κ1) is 14.8. The van der Waals surface area contributed by atoms with Gasteiger partial charge < -0.3 is 14.8 Å². The molecule has 6 nitrogen and oxygen atoms in total. The summed E-state index contributed by atoms with van der Waals surface area (Å²) in [5.41, 5.74) is 0.478. The normalized spacial score (nSPS) is 17.8. The van der Waals surface area contributed by atoms with E-state index in [2.05, 4.69) is 5.32 Å². The summed E-state index contributed by atoms with van der Waals surface area (Å²) in [7, 11) is 2.98. The number of rotatable bonds is 6. The van der Waals surface area contributed by atoms with Gasteiger partial charge in [-0.15, -0.1) is 0 Å². The van der Waals surface area contributed by atoms with Gasteiger partial charge in [-0.2, -0.15) is 11.8 Å². The maximum Gasteiger partial charge on any atom is 0.296 e. The van der Waals surface area contributed by atoms with E-state index in [1.165, 1.54) is 32.5 Å². The number of nitrogens with zero attached hydrogens (tertiary/aromatic N) is 1. The molecule has 1 fully saturated rings. The van der Waals surface area contributed by atoms with Crippen molar-refractivity contribution in [1.29, 1.82) is 0 Å².